The molecule has 2 fully saturated rings. The van der Waals surface area contributed by atoms with Crippen LogP contribution in [0.5, 0.6) is 0 Å². The number of carbonyl (C=O) groups is 1. The van der Waals surface area contributed by atoms with Crippen LogP contribution in [0.15, 0.2) is 17.2 Å². The molecule has 3 N–H and O–H groups in total. The summed E-state index contributed by atoms with van der Waals surface area (Å²) in [4.78, 5) is 27.2. The topological polar surface area (TPSA) is 126 Å². The number of nitrogens with two attached hydrogens (primary N) is 1. The molecule has 0 aromatic carbocycles. The molecule has 2 saturated heterocycles. The maximum atomic E-state index is 12.3. The number of rotatable bonds is 3. The van der Waals surface area contributed by atoms with Gasteiger partial charge in [-0.2, -0.15) is 0 Å². The van der Waals surface area contributed by atoms with E-state index in [2.05, 4.69) is 4.98 Å². The van der Waals surface area contributed by atoms with Crippen molar-refractivity contribution in [3.05, 3.63) is 28.4 Å². The van der Waals surface area contributed by atoms with Crippen molar-refractivity contribution in [1.82, 2.24) is 9.55 Å². The molecule has 0 radical (unpaired) electrons. The SMILES string of the molecule is CC1(C)O[C@H]2[C@H](O1)[C@@H](CO)O[C@H]2n1ccnc(C(N)=O)c1=O. The minimum atomic E-state index is -0.920. The minimum absolute atomic E-state index is 0.278. The highest BCUT2D eigenvalue weighted by atomic mass is 16.8. The second kappa shape index (κ2) is 5.13. The smallest absolute Gasteiger partial charge is 0.284 e. The number of primary amides is 1. The zero-order chi connectivity index (χ0) is 16.1. The Bertz CT molecular complexity index is 657. The lowest BCUT2D eigenvalue weighted by Crippen LogP contribution is -2.37. The van der Waals surface area contributed by atoms with Crippen LogP contribution in [0.2, 0.25) is 0 Å². The van der Waals surface area contributed by atoms with Gasteiger partial charge in [-0.05, 0) is 13.8 Å². The van der Waals surface area contributed by atoms with Crippen LogP contribution in [0.25, 0.3) is 0 Å². The van der Waals surface area contributed by atoms with E-state index in [0.717, 1.165) is 0 Å². The molecular weight excluding hydrogens is 294 g/mol. The molecule has 0 spiro atoms. The molecule has 9 nitrogen and oxygen atoms in total. The number of amides is 1. The first-order valence-electron chi connectivity index (χ1n) is 6.83. The second-order valence-corrected chi connectivity index (χ2v) is 5.66. The number of ether oxygens (including phenoxy) is 3. The van der Waals surface area contributed by atoms with Crippen LogP contribution in [0, 0.1) is 0 Å². The van der Waals surface area contributed by atoms with Gasteiger partial charge in [-0.15, -0.1) is 0 Å². The first-order chi connectivity index (χ1) is 10.3. The van der Waals surface area contributed by atoms with Gasteiger partial charge < -0.3 is 25.1 Å². The number of aliphatic hydroxyl groups excluding tert-OH is 1. The quantitative estimate of drug-likeness (QED) is 0.714. The summed E-state index contributed by atoms with van der Waals surface area (Å²) in [6.45, 7) is 3.20. The maximum absolute atomic E-state index is 12.3. The molecule has 0 bridgehead atoms. The molecule has 9 heteroatoms. The van der Waals surface area contributed by atoms with E-state index in [9.17, 15) is 14.7 Å². The Balaban J connectivity index is 2.01. The average Bonchev–Trinajstić information content (AvgIpc) is 2.92. The second-order valence-electron chi connectivity index (χ2n) is 5.66. The molecule has 3 rings (SSSR count). The number of fused-ring (bicyclic) bond motifs is 1. The lowest BCUT2D eigenvalue weighted by Gasteiger charge is -2.24. The molecule has 3 heterocycles. The van der Waals surface area contributed by atoms with Crippen LogP contribution in [-0.4, -0.2) is 51.3 Å². The number of carbonyl (C=O) groups excluding carboxylic acids is 1. The highest BCUT2D eigenvalue weighted by Gasteiger charge is 2.55. The van der Waals surface area contributed by atoms with Gasteiger partial charge in [0.05, 0.1) is 6.61 Å². The molecule has 2 aliphatic heterocycles. The van der Waals surface area contributed by atoms with Crippen LogP contribution in [0.3, 0.4) is 0 Å². The van der Waals surface area contributed by atoms with E-state index >= 15 is 0 Å². The summed E-state index contributed by atoms with van der Waals surface area (Å²) in [7, 11) is 0. The highest BCUT2D eigenvalue weighted by Crippen LogP contribution is 2.42. The van der Waals surface area contributed by atoms with Gasteiger partial charge in [0.2, 0.25) is 0 Å². The Morgan fingerprint density at radius 3 is 2.77 bits per heavy atom. The van der Waals surface area contributed by atoms with E-state index in [0.29, 0.717) is 0 Å². The van der Waals surface area contributed by atoms with Crippen molar-refractivity contribution in [3.8, 4) is 0 Å². The first-order valence-corrected chi connectivity index (χ1v) is 6.83. The molecule has 0 saturated carbocycles. The monoisotopic (exact) mass is 311 g/mol. The minimum Gasteiger partial charge on any atom is -0.394 e. The molecule has 22 heavy (non-hydrogen) atoms. The molecule has 1 aromatic rings. The number of aromatic nitrogens is 2. The Kier molecular flexibility index (Phi) is 3.52. The van der Waals surface area contributed by atoms with E-state index in [4.69, 9.17) is 19.9 Å². The molecular formula is C13H17N3O6. The van der Waals surface area contributed by atoms with Gasteiger partial charge in [0.15, 0.2) is 17.7 Å². The van der Waals surface area contributed by atoms with E-state index in [-0.39, 0.29) is 12.3 Å². The summed E-state index contributed by atoms with van der Waals surface area (Å²) in [6.07, 6.45) is 0.0966. The van der Waals surface area contributed by atoms with Crippen molar-refractivity contribution >= 4 is 5.91 Å². The van der Waals surface area contributed by atoms with Crippen LogP contribution < -0.4 is 11.3 Å². The summed E-state index contributed by atoms with van der Waals surface area (Å²) in [5.74, 6) is -1.77. The molecule has 120 valence electrons. The number of hydrogen-bond acceptors (Lipinski definition) is 7. The predicted molar refractivity (Wildman–Crippen MR) is 71.8 cm³/mol. The number of aliphatic hydroxyl groups is 1. The van der Waals surface area contributed by atoms with Gasteiger partial charge in [0, 0.05) is 12.4 Å². The van der Waals surface area contributed by atoms with Crippen LogP contribution >= 0.6 is 0 Å². The maximum Gasteiger partial charge on any atom is 0.284 e. The van der Waals surface area contributed by atoms with Crippen LogP contribution in [0.4, 0.5) is 0 Å². The fourth-order valence-electron chi connectivity index (χ4n) is 2.82. The van der Waals surface area contributed by atoms with Crippen LogP contribution in [-0.2, 0) is 14.2 Å². The fraction of sp³-hybridized carbons (Fsp3) is 0.615. The van der Waals surface area contributed by atoms with Gasteiger partial charge in [-0.25, -0.2) is 4.98 Å². The zero-order valence-corrected chi connectivity index (χ0v) is 12.1. The molecule has 4 atom stereocenters. The van der Waals surface area contributed by atoms with Gasteiger partial charge in [-0.1, -0.05) is 0 Å². The average molecular weight is 311 g/mol. The van der Waals surface area contributed by atoms with Gasteiger partial charge in [0.1, 0.15) is 18.3 Å². The van der Waals surface area contributed by atoms with Crippen LogP contribution in [0.1, 0.15) is 30.6 Å². The predicted octanol–water partition coefficient (Wildman–Crippen LogP) is -1.25. The molecule has 2 aliphatic rings. The van der Waals surface area contributed by atoms with Crippen molar-refractivity contribution in [1.29, 1.82) is 0 Å². The standard InChI is InChI=1S/C13H17N3O6/c1-13(2)21-8-6(5-17)20-12(9(8)22-13)16-4-3-15-7(10(14)18)11(16)19/h3-4,6,8-9,12,17H,5H2,1-2H3,(H2,14,18)/t6-,8-,9+,12-/m1/s1. The zero-order valence-electron chi connectivity index (χ0n) is 12.1. The Labute approximate surface area is 125 Å². The van der Waals surface area contributed by atoms with Crippen molar-refractivity contribution < 1.29 is 24.1 Å². The normalized spacial score (nSPS) is 32.9. The molecule has 1 amide bonds. The Morgan fingerprint density at radius 2 is 2.14 bits per heavy atom. The third kappa shape index (κ3) is 2.31. The summed E-state index contributed by atoms with van der Waals surface area (Å²) in [5, 5.41) is 9.43. The lowest BCUT2D eigenvalue weighted by atomic mass is 10.1. The lowest BCUT2D eigenvalue weighted by molar-refractivity contribution is -0.200. The summed E-state index contributed by atoms with van der Waals surface area (Å²) in [6, 6.07) is 0. The summed E-state index contributed by atoms with van der Waals surface area (Å²) in [5.41, 5.74) is 4.08. The van der Waals surface area contributed by atoms with E-state index in [1.165, 1.54) is 17.0 Å². The Morgan fingerprint density at radius 1 is 1.45 bits per heavy atom. The third-order valence-electron chi connectivity index (χ3n) is 3.68. The number of hydrogen-bond donors (Lipinski definition) is 2. The van der Waals surface area contributed by atoms with E-state index < -0.39 is 41.8 Å². The van der Waals surface area contributed by atoms with Gasteiger partial charge in [-0.3, -0.25) is 14.2 Å². The summed E-state index contributed by atoms with van der Waals surface area (Å²) >= 11 is 0. The van der Waals surface area contributed by atoms with E-state index in [1.54, 1.807) is 13.8 Å². The third-order valence-corrected chi connectivity index (χ3v) is 3.68. The molecule has 0 aliphatic carbocycles. The van der Waals surface area contributed by atoms with Gasteiger partial charge >= 0.3 is 0 Å². The molecule has 0 unspecified atom stereocenters. The number of nitrogens with zero attached hydrogens (tertiary/aromatic N) is 2. The van der Waals surface area contributed by atoms with Crippen molar-refractivity contribution in [2.75, 3.05) is 6.61 Å². The van der Waals surface area contributed by atoms with Crippen molar-refractivity contribution in [2.24, 2.45) is 5.73 Å². The Hall–Kier alpha value is -1.81. The fourth-order valence-corrected chi connectivity index (χ4v) is 2.82. The summed E-state index contributed by atoms with van der Waals surface area (Å²) < 4.78 is 18.3. The first kappa shape index (κ1) is 15.1. The van der Waals surface area contributed by atoms with Crippen molar-refractivity contribution in [2.45, 2.75) is 44.2 Å². The molecule has 1 aromatic heterocycles. The van der Waals surface area contributed by atoms with Gasteiger partial charge in [0.25, 0.3) is 11.5 Å². The van der Waals surface area contributed by atoms with E-state index in [1.807, 2.05) is 0 Å². The van der Waals surface area contributed by atoms with Crippen molar-refractivity contribution in [3.63, 3.8) is 0 Å². The highest BCUT2D eigenvalue weighted by molar-refractivity contribution is 5.90. The largest absolute Gasteiger partial charge is 0.394 e.